The molecule has 0 saturated heterocycles. The standard InChI is InChI=1S/C11H26N2O2S/c1-5-11(3)13(6-2)9-7-12-8-10-16(4,14)15/h11-12H,5-10H2,1-4H3. The zero-order valence-corrected chi connectivity index (χ0v) is 11.8. The first-order chi connectivity index (χ1) is 7.40. The van der Waals surface area contributed by atoms with Crippen molar-refractivity contribution in [3.8, 4) is 0 Å². The van der Waals surface area contributed by atoms with Crippen LogP contribution in [0.25, 0.3) is 0 Å². The van der Waals surface area contributed by atoms with E-state index in [1.165, 1.54) is 6.26 Å². The van der Waals surface area contributed by atoms with Gasteiger partial charge in [0, 0.05) is 31.9 Å². The molecule has 4 nitrogen and oxygen atoms in total. The Morgan fingerprint density at radius 3 is 2.31 bits per heavy atom. The molecular formula is C11H26N2O2S. The zero-order valence-electron chi connectivity index (χ0n) is 11.0. The SMILES string of the molecule is CCC(C)N(CC)CCNCCS(C)(=O)=O. The van der Waals surface area contributed by atoms with Crippen LogP contribution in [0.2, 0.25) is 0 Å². The third kappa shape index (κ3) is 8.07. The van der Waals surface area contributed by atoms with Gasteiger partial charge in [-0.1, -0.05) is 13.8 Å². The fraction of sp³-hybridized carbons (Fsp3) is 1.00. The van der Waals surface area contributed by atoms with Crippen LogP contribution in [0.3, 0.4) is 0 Å². The molecule has 1 N–H and O–H groups in total. The highest BCUT2D eigenvalue weighted by Gasteiger charge is 2.08. The number of hydrogen-bond donors (Lipinski definition) is 1. The van der Waals surface area contributed by atoms with Gasteiger partial charge in [-0.2, -0.15) is 0 Å². The Morgan fingerprint density at radius 1 is 1.25 bits per heavy atom. The Morgan fingerprint density at radius 2 is 1.88 bits per heavy atom. The topological polar surface area (TPSA) is 49.4 Å². The van der Waals surface area contributed by atoms with Crippen molar-refractivity contribution >= 4 is 9.84 Å². The van der Waals surface area contributed by atoms with Crippen LogP contribution >= 0.6 is 0 Å². The van der Waals surface area contributed by atoms with E-state index in [9.17, 15) is 8.42 Å². The molecule has 5 heteroatoms. The highest BCUT2D eigenvalue weighted by Crippen LogP contribution is 2.01. The summed E-state index contributed by atoms with van der Waals surface area (Å²) in [5, 5.41) is 3.16. The summed E-state index contributed by atoms with van der Waals surface area (Å²) in [7, 11) is -2.83. The van der Waals surface area contributed by atoms with Crippen LogP contribution in [0.5, 0.6) is 0 Å². The molecule has 0 bridgehead atoms. The average Bonchev–Trinajstić information content (AvgIpc) is 2.21. The summed E-state index contributed by atoms with van der Waals surface area (Å²) in [4.78, 5) is 2.40. The summed E-state index contributed by atoms with van der Waals surface area (Å²) < 4.78 is 21.8. The Kier molecular flexibility index (Phi) is 7.97. The highest BCUT2D eigenvalue weighted by molar-refractivity contribution is 7.90. The predicted molar refractivity (Wildman–Crippen MR) is 69.6 cm³/mol. The number of nitrogens with zero attached hydrogens (tertiary/aromatic N) is 1. The van der Waals surface area contributed by atoms with Gasteiger partial charge in [-0.15, -0.1) is 0 Å². The van der Waals surface area contributed by atoms with E-state index in [0.29, 0.717) is 12.6 Å². The molecule has 0 aliphatic heterocycles. The van der Waals surface area contributed by atoms with Gasteiger partial charge in [-0.05, 0) is 19.9 Å². The second-order valence-corrected chi connectivity index (χ2v) is 6.53. The molecule has 0 aromatic rings. The van der Waals surface area contributed by atoms with Gasteiger partial charge in [-0.3, -0.25) is 4.90 Å². The summed E-state index contributed by atoms with van der Waals surface area (Å²) in [5.41, 5.74) is 0. The van der Waals surface area contributed by atoms with E-state index >= 15 is 0 Å². The molecule has 0 radical (unpaired) electrons. The molecule has 1 unspecified atom stereocenters. The molecule has 0 aliphatic carbocycles. The van der Waals surface area contributed by atoms with Crippen LogP contribution in [0.4, 0.5) is 0 Å². The van der Waals surface area contributed by atoms with Gasteiger partial charge in [0.1, 0.15) is 9.84 Å². The van der Waals surface area contributed by atoms with Crippen LogP contribution in [0.15, 0.2) is 0 Å². The fourth-order valence-electron chi connectivity index (χ4n) is 1.55. The minimum atomic E-state index is -2.83. The van der Waals surface area contributed by atoms with Gasteiger partial charge < -0.3 is 5.32 Å². The smallest absolute Gasteiger partial charge is 0.148 e. The van der Waals surface area contributed by atoms with Gasteiger partial charge in [0.25, 0.3) is 0 Å². The first kappa shape index (κ1) is 15.9. The summed E-state index contributed by atoms with van der Waals surface area (Å²) in [6.07, 6.45) is 2.42. The van der Waals surface area contributed by atoms with E-state index in [1.807, 2.05) is 0 Å². The van der Waals surface area contributed by atoms with Crippen molar-refractivity contribution in [2.75, 3.05) is 38.2 Å². The number of nitrogens with one attached hydrogen (secondary N) is 1. The monoisotopic (exact) mass is 250 g/mol. The number of likely N-dealkylation sites (N-methyl/N-ethyl adjacent to an activating group) is 1. The predicted octanol–water partition coefficient (Wildman–Crippen LogP) is 0.741. The second kappa shape index (κ2) is 8.03. The Hall–Kier alpha value is -0.130. The van der Waals surface area contributed by atoms with E-state index in [4.69, 9.17) is 0 Å². The van der Waals surface area contributed by atoms with Gasteiger partial charge in [0.15, 0.2) is 0 Å². The lowest BCUT2D eigenvalue weighted by molar-refractivity contribution is 0.215. The van der Waals surface area contributed by atoms with Crippen molar-refractivity contribution in [1.82, 2.24) is 10.2 Å². The van der Waals surface area contributed by atoms with E-state index in [-0.39, 0.29) is 5.75 Å². The molecule has 0 rings (SSSR count). The van der Waals surface area contributed by atoms with E-state index < -0.39 is 9.84 Å². The summed E-state index contributed by atoms with van der Waals surface area (Å²) >= 11 is 0. The quantitative estimate of drug-likeness (QED) is 0.613. The minimum absolute atomic E-state index is 0.225. The highest BCUT2D eigenvalue weighted by atomic mass is 32.2. The molecule has 0 spiro atoms. The van der Waals surface area contributed by atoms with Crippen molar-refractivity contribution in [3.05, 3.63) is 0 Å². The van der Waals surface area contributed by atoms with Crippen LogP contribution in [0, 0.1) is 0 Å². The van der Waals surface area contributed by atoms with Crippen LogP contribution in [-0.4, -0.2) is 57.5 Å². The number of rotatable bonds is 9. The molecule has 0 heterocycles. The largest absolute Gasteiger partial charge is 0.314 e. The fourth-order valence-corrected chi connectivity index (χ4v) is 2.07. The van der Waals surface area contributed by atoms with Crippen molar-refractivity contribution in [3.63, 3.8) is 0 Å². The molecule has 0 amide bonds. The normalized spacial score (nSPS) is 14.3. The molecular weight excluding hydrogens is 224 g/mol. The van der Waals surface area contributed by atoms with Crippen LogP contribution in [0.1, 0.15) is 27.2 Å². The maximum absolute atomic E-state index is 10.9. The molecule has 1 atom stereocenters. The Balaban J connectivity index is 3.64. The summed E-state index contributed by atoms with van der Waals surface area (Å²) in [5.74, 6) is 0.225. The van der Waals surface area contributed by atoms with Gasteiger partial charge in [-0.25, -0.2) is 8.42 Å². The number of sulfone groups is 1. The van der Waals surface area contributed by atoms with Crippen molar-refractivity contribution < 1.29 is 8.42 Å². The molecule has 0 aromatic carbocycles. The van der Waals surface area contributed by atoms with E-state index in [1.54, 1.807) is 0 Å². The van der Waals surface area contributed by atoms with Gasteiger partial charge in [0.05, 0.1) is 5.75 Å². The maximum Gasteiger partial charge on any atom is 0.148 e. The third-order valence-electron chi connectivity index (χ3n) is 2.85. The first-order valence-corrected chi connectivity index (χ1v) is 8.09. The van der Waals surface area contributed by atoms with Gasteiger partial charge in [0.2, 0.25) is 0 Å². The van der Waals surface area contributed by atoms with Crippen LogP contribution < -0.4 is 5.32 Å². The van der Waals surface area contributed by atoms with Crippen LogP contribution in [-0.2, 0) is 9.84 Å². The summed E-state index contributed by atoms with van der Waals surface area (Å²) in [6, 6.07) is 0.599. The van der Waals surface area contributed by atoms with Crippen molar-refractivity contribution in [2.24, 2.45) is 0 Å². The Bertz CT molecular complexity index is 265. The molecule has 0 aliphatic rings. The third-order valence-corrected chi connectivity index (χ3v) is 3.79. The lowest BCUT2D eigenvalue weighted by Crippen LogP contribution is -2.38. The first-order valence-electron chi connectivity index (χ1n) is 6.03. The molecule has 0 aromatic heterocycles. The lowest BCUT2D eigenvalue weighted by Gasteiger charge is -2.26. The van der Waals surface area contributed by atoms with E-state index in [2.05, 4.69) is 31.0 Å². The van der Waals surface area contributed by atoms with Gasteiger partial charge >= 0.3 is 0 Å². The molecule has 16 heavy (non-hydrogen) atoms. The minimum Gasteiger partial charge on any atom is -0.314 e. The maximum atomic E-state index is 10.9. The number of hydrogen-bond acceptors (Lipinski definition) is 4. The zero-order chi connectivity index (χ0) is 12.6. The summed E-state index contributed by atoms with van der Waals surface area (Å²) in [6.45, 7) is 10.00. The molecule has 0 saturated carbocycles. The lowest BCUT2D eigenvalue weighted by atomic mass is 10.2. The molecule has 0 fully saturated rings. The average molecular weight is 250 g/mol. The van der Waals surface area contributed by atoms with Crippen molar-refractivity contribution in [2.45, 2.75) is 33.2 Å². The molecule has 98 valence electrons. The second-order valence-electron chi connectivity index (χ2n) is 4.27. The Labute approximate surface area is 100 Å². The van der Waals surface area contributed by atoms with Crippen molar-refractivity contribution in [1.29, 1.82) is 0 Å². The van der Waals surface area contributed by atoms with E-state index in [0.717, 1.165) is 26.1 Å².